The maximum atomic E-state index is 5.48. The van der Waals surface area contributed by atoms with Crippen molar-refractivity contribution in [1.82, 2.24) is 5.32 Å². The topological polar surface area (TPSA) is 33.6 Å². The number of amidine groups is 1. The summed E-state index contributed by atoms with van der Waals surface area (Å²) in [4.78, 5) is 4.66. The van der Waals surface area contributed by atoms with Gasteiger partial charge in [0.2, 0.25) is 0 Å². The van der Waals surface area contributed by atoms with Gasteiger partial charge in [-0.3, -0.25) is 4.99 Å². The summed E-state index contributed by atoms with van der Waals surface area (Å²) in [6.07, 6.45) is 2.33. The van der Waals surface area contributed by atoms with Crippen molar-refractivity contribution in [3.63, 3.8) is 0 Å². The Morgan fingerprint density at radius 2 is 2.22 bits per heavy atom. The van der Waals surface area contributed by atoms with Gasteiger partial charge in [-0.25, -0.2) is 0 Å². The average molecular weight is 270 g/mol. The van der Waals surface area contributed by atoms with Gasteiger partial charge in [0.1, 0.15) is 0 Å². The molecule has 0 spiro atoms. The lowest BCUT2D eigenvalue weighted by atomic mass is 9.90. The van der Waals surface area contributed by atoms with Crippen molar-refractivity contribution < 1.29 is 4.74 Å². The van der Waals surface area contributed by atoms with Gasteiger partial charge in [0, 0.05) is 17.9 Å². The Kier molecular flexibility index (Phi) is 4.59. The van der Waals surface area contributed by atoms with Crippen LogP contribution < -0.4 is 5.32 Å². The summed E-state index contributed by atoms with van der Waals surface area (Å²) in [5, 5.41) is 5.43. The fourth-order valence-electron chi connectivity index (χ4n) is 2.54. The molecular weight excluding hydrogens is 244 g/mol. The van der Waals surface area contributed by atoms with Gasteiger partial charge >= 0.3 is 0 Å². The summed E-state index contributed by atoms with van der Waals surface area (Å²) in [5.74, 6) is 0.587. The highest BCUT2D eigenvalue weighted by Gasteiger charge is 2.28. The highest BCUT2D eigenvalue weighted by molar-refractivity contribution is 8.14. The zero-order valence-electron chi connectivity index (χ0n) is 12.0. The Morgan fingerprint density at radius 3 is 2.89 bits per heavy atom. The monoisotopic (exact) mass is 270 g/mol. The number of hydrogen-bond donors (Lipinski definition) is 1. The van der Waals surface area contributed by atoms with Gasteiger partial charge in [-0.1, -0.05) is 39.5 Å². The van der Waals surface area contributed by atoms with Gasteiger partial charge in [-0.05, 0) is 24.2 Å². The number of nitrogens with one attached hydrogen (secondary N) is 1. The van der Waals surface area contributed by atoms with Gasteiger partial charge < -0.3 is 10.1 Å². The Hall–Kier alpha value is -0.220. The SMILES string of the molecule is CC1COCCC1NC1=NCC(CC(C)(C)C)S1. The molecular formula is C14H26N2OS. The normalized spacial score (nSPS) is 33.3. The molecule has 2 rings (SSSR count). The molecule has 0 aromatic rings. The summed E-state index contributed by atoms with van der Waals surface area (Å²) in [7, 11) is 0. The third-order valence-electron chi connectivity index (χ3n) is 3.51. The zero-order chi connectivity index (χ0) is 13.2. The lowest BCUT2D eigenvalue weighted by Crippen LogP contribution is -2.43. The molecule has 18 heavy (non-hydrogen) atoms. The lowest BCUT2D eigenvalue weighted by Gasteiger charge is -2.30. The summed E-state index contributed by atoms with van der Waals surface area (Å²) in [6.45, 7) is 11.9. The molecule has 3 nitrogen and oxygen atoms in total. The van der Waals surface area contributed by atoms with Crippen molar-refractivity contribution in [3.05, 3.63) is 0 Å². The van der Waals surface area contributed by atoms with E-state index in [9.17, 15) is 0 Å². The van der Waals surface area contributed by atoms with Crippen LogP contribution in [0.15, 0.2) is 4.99 Å². The zero-order valence-corrected chi connectivity index (χ0v) is 12.8. The molecule has 0 saturated carbocycles. The summed E-state index contributed by atoms with van der Waals surface area (Å²) >= 11 is 1.93. The molecule has 0 radical (unpaired) electrons. The molecule has 2 heterocycles. The van der Waals surface area contributed by atoms with E-state index in [0.717, 1.165) is 31.3 Å². The molecule has 0 aromatic carbocycles. The maximum absolute atomic E-state index is 5.48. The summed E-state index contributed by atoms with van der Waals surface area (Å²) in [6, 6.07) is 0.540. The Balaban J connectivity index is 1.78. The Labute approximate surface area is 115 Å². The second-order valence-electron chi connectivity index (χ2n) is 6.74. The van der Waals surface area contributed by atoms with E-state index in [1.165, 1.54) is 6.42 Å². The first kappa shape index (κ1) is 14.2. The number of thioether (sulfide) groups is 1. The molecule has 0 amide bonds. The van der Waals surface area contributed by atoms with Gasteiger partial charge in [0.05, 0.1) is 13.2 Å². The van der Waals surface area contributed by atoms with Gasteiger partial charge in [0.25, 0.3) is 0 Å². The first-order valence-electron chi connectivity index (χ1n) is 6.99. The van der Waals surface area contributed by atoms with E-state index >= 15 is 0 Å². The largest absolute Gasteiger partial charge is 0.381 e. The maximum Gasteiger partial charge on any atom is 0.157 e. The molecule has 0 aliphatic carbocycles. The molecule has 4 heteroatoms. The van der Waals surface area contributed by atoms with Crippen molar-refractivity contribution in [1.29, 1.82) is 0 Å². The lowest BCUT2D eigenvalue weighted by molar-refractivity contribution is 0.0443. The average Bonchev–Trinajstić information content (AvgIpc) is 2.66. The third kappa shape index (κ3) is 4.16. The van der Waals surface area contributed by atoms with Gasteiger partial charge in [0.15, 0.2) is 5.17 Å². The predicted octanol–water partition coefficient (Wildman–Crippen LogP) is 2.91. The quantitative estimate of drug-likeness (QED) is 0.837. The van der Waals surface area contributed by atoms with E-state index in [-0.39, 0.29) is 0 Å². The first-order chi connectivity index (χ1) is 8.44. The van der Waals surface area contributed by atoms with E-state index < -0.39 is 0 Å². The number of hydrogen-bond acceptors (Lipinski definition) is 4. The van der Waals surface area contributed by atoms with Crippen LogP contribution in [0.1, 0.15) is 40.5 Å². The van der Waals surface area contributed by atoms with Crippen molar-refractivity contribution >= 4 is 16.9 Å². The fraction of sp³-hybridized carbons (Fsp3) is 0.929. The van der Waals surface area contributed by atoms with Crippen LogP contribution in [0.5, 0.6) is 0 Å². The standard InChI is InChI=1S/C14H26N2OS/c1-10-9-17-6-5-12(10)16-13-15-8-11(18-13)7-14(2,3)4/h10-12H,5-9H2,1-4H3,(H,15,16). The van der Waals surface area contributed by atoms with Crippen LogP contribution in [-0.2, 0) is 4.74 Å². The highest BCUT2D eigenvalue weighted by Crippen LogP contribution is 2.32. The minimum absolute atomic E-state index is 0.397. The second kappa shape index (κ2) is 5.83. The number of aliphatic imine (C=N–C) groups is 1. The molecule has 104 valence electrons. The molecule has 1 saturated heterocycles. The molecule has 3 unspecified atom stereocenters. The predicted molar refractivity (Wildman–Crippen MR) is 79.3 cm³/mol. The van der Waals surface area contributed by atoms with E-state index in [0.29, 0.717) is 22.6 Å². The van der Waals surface area contributed by atoms with Gasteiger partial charge in [-0.2, -0.15) is 0 Å². The first-order valence-corrected chi connectivity index (χ1v) is 7.87. The molecule has 1 fully saturated rings. The van der Waals surface area contributed by atoms with Crippen LogP contribution in [0.3, 0.4) is 0 Å². The van der Waals surface area contributed by atoms with Crippen molar-refractivity contribution in [2.75, 3.05) is 19.8 Å². The Bertz CT molecular complexity index is 311. The summed E-state index contributed by atoms with van der Waals surface area (Å²) < 4.78 is 5.48. The third-order valence-corrected chi connectivity index (χ3v) is 4.63. The number of nitrogens with zero attached hydrogens (tertiary/aromatic N) is 1. The smallest absolute Gasteiger partial charge is 0.157 e. The molecule has 0 bridgehead atoms. The van der Waals surface area contributed by atoms with Crippen LogP contribution >= 0.6 is 11.8 Å². The molecule has 2 aliphatic rings. The van der Waals surface area contributed by atoms with E-state index in [1.807, 2.05) is 11.8 Å². The Morgan fingerprint density at radius 1 is 1.44 bits per heavy atom. The molecule has 0 aromatic heterocycles. The highest BCUT2D eigenvalue weighted by atomic mass is 32.2. The van der Waals surface area contributed by atoms with Crippen LogP contribution in [-0.4, -0.2) is 36.2 Å². The summed E-state index contributed by atoms with van der Waals surface area (Å²) in [5.41, 5.74) is 0.397. The van der Waals surface area contributed by atoms with Crippen LogP contribution in [0.4, 0.5) is 0 Å². The van der Waals surface area contributed by atoms with Crippen molar-refractivity contribution in [3.8, 4) is 0 Å². The number of ether oxygens (including phenoxy) is 1. The minimum Gasteiger partial charge on any atom is -0.381 e. The molecule has 3 atom stereocenters. The molecule has 1 N–H and O–H groups in total. The molecule has 2 aliphatic heterocycles. The van der Waals surface area contributed by atoms with E-state index in [4.69, 9.17) is 4.74 Å². The van der Waals surface area contributed by atoms with Crippen LogP contribution in [0.25, 0.3) is 0 Å². The minimum atomic E-state index is 0.397. The number of rotatable bonds is 2. The van der Waals surface area contributed by atoms with Gasteiger partial charge in [-0.15, -0.1) is 0 Å². The van der Waals surface area contributed by atoms with E-state index in [2.05, 4.69) is 38.0 Å². The second-order valence-corrected chi connectivity index (χ2v) is 8.03. The van der Waals surface area contributed by atoms with Crippen molar-refractivity contribution in [2.24, 2.45) is 16.3 Å². The van der Waals surface area contributed by atoms with Crippen LogP contribution in [0, 0.1) is 11.3 Å². The fourth-order valence-corrected chi connectivity index (χ4v) is 3.96. The van der Waals surface area contributed by atoms with Crippen molar-refractivity contribution in [2.45, 2.75) is 51.8 Å². The van der Waals surface area contributed by atoms with Crippen LogP contribution in [0.2, 0.25) is 0 Å². The van der Waals surface area contributed by atoms with E-state index in [1.54, 1.807) is 0 Å².